The second kappa shape index (κ2) is 11.8. The first-order chi connectivity index (χ1) is 18.9. The maximum Gasteiger partial charge on any atom is 0.255 e. The number of allylic oxidation sites excluding steroid dienone is 1. The summed E-state index contributed by atoms with van der Waals surface area (Å²) in [5.74, 6) is 2.08. The van der Waals surface area contributed by atoms with Gasteiger partial charge in [0.05, 0.1) is 5.57 Å². The van der Waals surface area contributed by atoms with Crippen molar-refractivity contribution in [2.24, 2.45) is 0 Å². The molecule has 0 fully saturated rings. The monoisotopic (exact) mass is 539 g/mol. The average molecular weight is 540 g/mol. The molecule has 7 nitrogen and oxygen atoms in total. The van der Waals surface area contributed by atoms with Crippen LogP contribution in [0.25, 0.3) is 0 Å². The summed E-state index contributed by atoms with van der Waals surface area (Å²) in [7, 11) is 0. The zero-order valence-electron chi connectivity index (χ0n) is 22.7. The van der Waals surface area contributed by atoms with E-state index in [9.17, 15) is 4.79 Å². The van der Waals surface area contributed by atoms with Gasteiger partial charge in [-0.05, 0) is 62.6 Å². The van der Waals surface area contributed by atoms with Crippen LogP contribution in [0, 0.1) is 13.8 Å². The number of benzene rings is 3. The fourth-order valence-corrected chi connectivity index (χ4v) is 5.13. The second-order valence-electron chi connectivity index (χ2n) is 9.74. The first kappa shape index (κ1) is 26.6. The van der Waals surface area contributed by atoms with Crippen molar-refractivity contribution in [3.63, 3.8) is 0 Å². The Morgan fingerprint density at radius 3 is 2.46 bits per heavy atom. The molecule has 1 aliphatic heterocycles. The molecule has 0 saturated carbocycles. The number of aromatic nitrogens is 3. The van der Waals surface area contributed by atoms with Crippen molar-refractivity contribution in [2.75, 3.05) is 16.4 Å². The Morgan fingerprint density at radius 1 is 1.03 bits per heavy atom. The molecular formula is C31H33N5O2S. The molecule has 8 heteroatoms. The molecule has 5 rings (SSSR count). The summed E-state index contributed by atoms with van der Waals surface area (Å²) >= 11 is 1.61. The molecule has 39 heavy (non-hydrogen) atoms. The van der Waals surface area contributed by atoms with Crippen molar-refractivity contribution >= 4 is 29.3 Å². The number of nitrogens with one attached hydrogen (secondary N) is 2. The first-order valence-corrected chi connectivity index (χ1v) is 14.1. The van der Waals surface area contributed by atoms with E-state index in [2.05, 4.69) is 48.7 Å². The zero-order chi connectivity index (χ0) is 27.4. The van der Waals surface area contributed by atoms with Gasteiger partial charge >= 0.3 is 0 Å². The third-order valence-corrected chi connectivity index (χ3v) is 7.57. The maximum atomic E-state index is 13.8. The predicted octanol–water partition coefficient (Wildman–Crippen LogP) is 6.90. The molecular weight excluding hydrogens is 506 g/mol. The van der Waals surface area contributed by atoms with E-state index in [-0.39, 0.29) is 5.91 Å². The van der Waals surface area contributed by atoms with Crippen LogP contribution in [0.1, 0.15) is 48.6 Å². The Hall–Kier alpha value is -4.04. The molecule has 0 bridgehead atoms. The van der Waals surface area contributed by atoms with Gasteiger partial charge in [-0.15, -0.1) is 5.10 Å². The number of aryl methyl sites for hydroxylation is 2. The van der Waals surface area contributed by atoms with Gasteiger partial charge in [0.15, 0.2) is 0 Å². The number of fused-ring (bicyclic) bond motifs is 1. The van der Waals surface area contributed by atoms with Crippen LogP contribution in [0.15, 0.2) is 89.2 Å². The van der Waals surface area contributed by atoms with Crippen LogP contribution in [0.5, 0.6) is 5.75 Å². The third-order valence-electron chi connectivity index (χ3n) is 6.52. The number of thioether (sulfide) groups is 1. The summed E-state index contributed by atoms with van der Waals surface area (Å²) in [5, 5.41) is 11.9. The largest absolute Gasteiger partial charge is 0.489 e. The molecule has 4 aromatic rings. The minimum absolute atomic E-state index is 0.191. The Balaban J connectivity index is 1.48. The van der Waals surface area contributed by atoms with Crippen molar-refractivity contribution < 1.29 is 9.53 Å². The highest BCUT2D eigenvalue weighted by atomic mass is 32.2. The summed E-state index contributed by atoms with van der Waals surface area (Å²) in [6.07, 6.45) is 1.02. The normalized spacial score (nSPS) is 14.5. The molecule has 1 aromatic heterocycles. The van der Waals surface area contributed by atoms with E-state index in [4.69, 9.17) is 14.8 Å². The van der Waals surface area contributed by atoms with Crippen molar-refractivity contribution in [3.05, 3.63) is 106 Å². The minimum Gasteiger partial charge on any atom is -0.489 e. The Morgan fingerprint density at radius 2 is 1.74 bits per heavy atom. The Bertz CT molecular complexity index is 1490. The summed E-state index contributed by atoms with van der Waals surface area (Å²) in [5.41, 5.74) is 6.39. The van der Waals surface area contributed by atoms with Gasteiger partial charge in [-0.3, -0.25) is 4.79 Å². The highest BCUT2D eigenvalue weighted by Gasteiger charge is 2.34. The highest BCUT2D eigenvalue weighted by molar-refractivity contribution is 7.99. The highest BCUT2D eigenvalue weighted by Crippen LogP contribution is 2.38. The topological polar surface area (TPSA) is 81.1 Å². The van der Waals surface area contributed by atoms with Crippen LogP contribution in [-0.4, -0.2) is 26.4 Å². The molecule has 2 heterocycles. The van der Waals surface area contributed by atoms with Gasteiger partial charge < -0.3 is 15.4 Å². The predicted molar refractivity (Wildman–Crippen MR) is 157 cm³/mol. The summed E-state index contributed by atoms with van der Waals surface area (Å²) in [6, 6.07) is 23.5. The van der Waals surface area contributed by atoms with Crippen LogP contribution < -0.4 is 15.4 Å². The summed E-state index contributed by atoms with van der Waals surface area (Å²) in [4.78, 5) is 18.5. The fraction of sp³-hybridized carbons (Fsp3) is 0.258. The molecule has 1 aliphatic rings. The van der Waals surface area contributed by atoms with Gasteiger partial charge in [0, 0.05) is 17.1 Å². The SMILES string of the molecule is CCCSc1nc2n(n1)C(c1cccc(OCc3ccc(C)cc3)c1)C(C(=O)Nc1ccc(C)cc1)=C(C)N2. The minimum atomic E-state index is -0.474. The van der Waals surface area contributed by atoms with Gasteiger partial charge in [0.25, 0.3) is 5.91 Å². The molecule has 0 spiro atoms. The van der Waals surface area contributed by atoms with Gasteiger partial charge in [0.2, 0.25) is 11.1 Å². The lowest BCUT2D eigenvalue weighted by Crippen LogP contribution is -2.31. The fourth-order valence-electron chi connectivity index (χ4n) is 4.45. The van der Waals surface area contributed by atoms with Gasteiger partial charge in [-0.25, -0.2) is 4.68 Å². The number of rotatable bonds is 9. The number of hydrogen-bond acceptors (Lipinski definition) is 6. The first-order valence-electron chi connectivity index (χ1n) is 13.1. The average Bonchev–Trinajstić information content (AvgIpc) is 3.34. The lowest BCUT2D eigenvalue weighted by molar-refractivity contribution is -0.113. The van der Waals surface area contributed by atoms with Gasteiger partial charge in [-0.1, -0.05) is 78.3 Å². The second-order valence-corrected chi connectivity index (χ2v) is 10.8. The van der Waals surface area contributed by atoms with Crippen molar-refractivity contribution in [3.8, 4) is 5.75 Å². The maximum absolute atomic E-state index is 13.8. The van der Waals surface area contributed by atoms with Gasteiger partial charge in [-0.2, -0.15) is 4.98 Å². The van der Waals surface area contributed by atoms with Crippen molar-refractivity contribution in [2.45, 2.75) is 51.9 Å². The number of ether oxygens (including phenoxy) is 1. The van der Waals surface area contributed by atoms with Crippen LogP contribution >= 0.6 is 11.8 Å². The van der Waals surface area contributed by atoms with E-state index in [1.54, 1.807) is 11.8 Å². The molecule has 3 aromatic carbocycles. The molecule has 200 valence electrons. The van der Waals surface area contributed by atoms with E-state index in [0.717, 1.165) is 46.0 Å². The standard InChI is InChI=1S/C31H33N5O2S/c1-5-17-39-31-34-30-32-22(4)27(29(37)33-25-15-11-21(3)12-16-25)28(36(30)35-31)24-7-6-8-26(18-24)38-19-23-13-9-20(2)10-14-23/h6-16,18,28H,5,17,19H2,1-4H3,(H,33,37)(H,32,34,35). The molecule has 1 amide bonds. The number of anilines is 2. The number of carbonyl (C=O) groups excluding carboxylic acids is 1. The van der Waals surface area contributed by atoms with Crippen molar-refractivity contribution in [1.29, 1.82) is 0 Å². The number of hydrogen-bond donors (Lipinski definition) is 2. The molecule has 0 saturated heterocycles. The van der Waals surface area contributed by atoms with Crippen molar-refractivity contribution in [1.82, 2.24) is 14.8 Å². The van der Waals surface area contributed by atoms with E-state index in [0.29, 0.717) is 23.3 Å². The van der Waals surface area contributed by atoms with Crippen LogP contribution in [0.4, 0.5) is 11.6 Å². The molecule has 1 unspecified atom stereocenters. The van der Waals surface area contributed by atoms with E-state index < -0.39 is 6.04 Å². The van der Waals surface area contributed by atoms with E-state index >= 15 is 0 Å². The quantitative estimate of drug-likeness (QED) is 0.225. The number of carbonyl (C=O) groups is 1. The molecule has 2 N–H and O–H groups in total. The van der Waals surface area contributed by atoms with Gasteiger partial charge in [0.1, 0.15) is 18.4 Å². The molecule has 0 aliphatic carbocycles. The van der Waals surface area contributed by atoms with Crippen LogP contribution in [-0.2, 0) is 11.4 Å². The third kappa shape index (κ3) is 6.17. The van der Waals surface area contributed by atoms with E-state index in [1.807, 2.05) is 67.1 Å². The Labute approximate surface area is 233 Å². The lowest BCUT2D eigenvalue weighted by atomic mass is 9.94. The Kier molecular flexibility index (Phi) is 8.02. The van der Waals surface area contributed by atoms with E-state index in [1.165, 1.54) is 5.56 Å². The van der Waals surface area contributed by atoms with Crippen LogP contribution in [0.3, 0.4) is 0 Å². The molecule has 1 atom stereocenters. The lowest BCUT2D eigenvalue weighted by Gasteiger charge is -2.29. The smallest absolute Gasteiger partial charge is 0.255 e. The molecule has 0 radical (unpaired) electrons. The number of amides is 1. The number of nitrogens with zero attached hydrogens (tertiary/aromatic N) is 3. The summed E-state index contributed by atoms with van der Waals surface area (Å²) < 4.78 is 7.97. The summed E-state index contributed by atoms with van der Waals surface area (Å²) in [6.45, 7) is 8.59. The zero-order valence-corrected chi connectivity index (χ0v) is 23.5. The van der Waals surface area contributed by atoms with Crippen LogP contribution in [0.2, 0.25) is 0 Å².